The Hall–Kier alpha value is -2.44. The normalized spacial score (nSPS) is 11.2. The number of esters is 1. The lowest BCUT2D eigenvalue weighted by molar-refractivity contribution is -0.144. The maximum Gasteiger partial charge on any atom is 0.313 e. The van der Waals surface area contributed by atoms with Crippen molar-refractivity contribution in [1.29, 1.82) is 0 Å². The lowest BCUT2D eigenvalue weighted by atomic mass is 10.1. The Labute approximate surface area is 146 Å². The molecular formula is C17H11ClN2O3S. The van der Waals surface area contributed by atoms with Crippen LogP contribution in [-0.4, -0.2) is 15.6 Å². The number of benzene rings is 2. The predicted octanol–water partition coefficient (Wildman–Crippen LogP) is 4.38. The SMILES string of the molecule is O=C(Cc1cc2c(ccc3ccccc32)o1)OCc1nnsc1Cl. The van der Waals surface area contributed by atoms with Crippen LogP contribution in [0.25, 0.3) is 21.7 Å². The van der Waals surface area contributed by atoms with Gasteiger partial charge in [-0.1, -0.05) is 46.4 Å². The van der Waals surface area contributed by atoms with Crippen LogP contribution in [0.1, 0.15) is 11.5 Å². The van der Waals surface area contributed by atoms with Gasteiger partial charge in [-0.15, -0.1) is 5.10 Å². The third-order valence-corrected chi connectivity index (χ3v) is 4.66. The lowest BCUT2D eigenvalue weighted by Crippen LogP contribution is -2.07. The van der Waals surface area contributed by atoms with Gasteiger partial charge in [-0.3, -0.25) is 4.79 Å². The van der Waals surface area contributed by atoms with Gasteiger partial charge in [0.05, 0.1) is 0 Å². The van der Waals surface area contributed by atoms with Crippen LogP contribution in [-0.2, 0) is 22.6 Å². The minimum Gasteiger partial charge on any atom is -0.460 e. The standard InChI is InChI=1S/C17H11ClN2O3S/c18-17-14(19-20-24-17)9-22-16(21)8-11-7-13-12-4-2-1-3-10(12)5-6-15(13)23-11/h1-7H,8-9H2. The number of hydrogen-bond donors (Lipinski definition) is 0. The van der Waals surface area contributed by atoms with Crippen molar-refractivity contribution in [1.82, 2.24) is 9.59 Å². The molecule has 0 bridgehead atoms. The molecule has 0 aliphatic carbocycles. The Morgan fingerprint density at radius 3 is 2.92 bits per heavy atom. The summed E-state index contributed by atoms with van der Waals surface area (Å²) in [7, 11) is 0. The lowest BCUT2D eigenvalue weighted by Gasteiger charge is -2.00. The van der Waals surface area contributed by atoms with Crippen LogP contribution in [0.15, 0.2) is 46.9 Å². The van der Waals surface area contributed by atoms with Gasteiger partial charge in [0.1, 0.15) is 34.4 Å². The molecule has 0 radical (unpaired) electrons. The average Bonchev–Trinajstić information content (AvgIpc) is 3.18. The van der Waals surface area contributed by atoms with Gasteiger partial charge in [-0.25, -0.2) is 0 Å². The minimum absolute atomic E-state index is 0.0112. The van der Waals surface area contributed by atoms with Gasteiger partial charge < -0.3 is 9.15 Å². The summed E-state index contributed by atoms with van der Waals surface area (Å²) < 4.78 is 15.1. The third kappa shape index (κ3) is 2.86. The molecule has 120 valence electrons. The number of hydrogen-bond acceptors (Lipinski definition) is 6. The van der Waals surface area contributed by atoms with Crippen molar-refractivity contribution in [3.63, 3.8) is 0 Å². The first-order valence-electron chi connectivity index (χ1n) is 7.23. The van der Waals surface area contributed by atoms with Gasteiger partial charge in [-0.05, 0) is 22.9 Å². The molecular weight excluding hydrogens is 348 g/mol. The fourth-order valence-corrected chi connectivity index (χ4v) is 3.16. The monoisotopic (exact) mass is 358 g/mol. The second-order valence-electron chi connectivity index (χ2n) is 5.24. The number of fused-ring (bicyclic) bond motifs is 3. The number of carbonyl (C=O) groups excluding carboxylic acids is 1. The summed E-state index contributed by atoms with van der Waals surface area (Å²) in [5.74, 6) is 0.163. The van der Waals surface area contributed by atoms with E-state index in [2.05, 4.69) is 9.59 Å². The zero-order chi connectivity index (χ0) is 16.5. The predicted molar refractivity (Wildman–Crippen MR) is 92.1 cm³/mol. The first kappa shape index (κ1) is 15.1. The second-order valence-corrected chi connectivity index (χ2v) is 6.60. The highest BCUT2D eigenvalue weighted by molar-refractivity contribution is 7.10. The van der Waals surface area contributed by atoms with Crippen molar-refractivity contribution in [3.05, 3.63) is 58.3 Å². The summed E-state index contributed by atoms with van der Waals surface area (Å²) in [4.78, 5) is 12.0. The van der Waals surface area contributed by atoms with E-state index in [0.717, 1.165) is 33.3 Å². The molecule has 0 saturated heterocycles. The number of ether oxygens (including phenoxy) is 1. The van der Waals surface area contributed by atoms with E-state index in [9.17, 15) is 4.79 Å². The number of carbonyl (C=O) groups is 1. The number of rotatable bonds is 4. The molecule has 0 saturated carbocycles. The molecule has 4 aromatic rings. The van der Waals surface area contributed by atoms with Crippen LogP contribution in [0, 0.1) is 0 Å². The van der Waals surface area contributed by atoms with E-state index in [1.807, 2.05) is 42.5 Å². The molecule has 0 aliphatic heterocycles. The van der Waals surface area contributed by atoms with Gasteiger partial charge in [-0.2, -0.15) is 0 Å². The van der Waals surface area contributed by atoms with Crippen molar-refractivity contribution in [2.24, 2.45) is 0 Å². The fraction of sp³-hybridized carbons (Fsp3) is 0.118. The summed E-state index contributed by atoms with van der Waals surface area (Å²) in [6.45, 7) is 0.0112. The highest BCUT2D eigenvalue weighted by Gasteiger charge is 2.14. The number of furan rings is 1. The van der Waals surface area contributed by atoms with Crippen LogP contribution < -0.4 is 0 Å². The fourth-order valence-electron chi connectivity index (χ4n) is 2.56. The summed E-state index contributed by atoms with van der Waals surface area (Å²) in [6, 6.07) is 13.8. The molecule has 2 heterocycles. The second kappa shape index (κ2) is 6.22. The smallest absolute Gasteiger partial charge is 0.313 e. The summed E-state index contributed by atoms with van der Waals surface area (Å²) >= 11 is 6.93. The molecule has 0 N–H and O–H groups in total. The quantitative estimate of drug-likeness (QED) is 0.506. The molecule has 2 aromatic carbocycles. The van der Waals surface area contributed by atoms with Crippen LogP contribution in [0.4, 0.5) is 0 Å². The van der Waals surface area contributed by atoms with Gasteiger partial charge >= 0.3 is 5.97 Å². The largest absolute Gasteiger partial charge is 0.460 e. The number of halogens is 1. The molecule has 2 aromatic heterocycles. The summed E-state index contributed by atoms with van der Waals surface area (Å²) in [5, 5.41) is 7.01. The molecule has 0 fully saturated rings. The molecule has 4 rings (SSSR count). The van der Waals surface area contributed by atoms with E-state index >= 15 is 0 Å². The maximum atomic E-state index is 12.0. The first-order chi connectivity index (χ1) is 11.7. The molecule has 0 spiro atoms. The summed E-state index contributed by atoms with van der Waals surface area (Å²) in [5.41, 5.74) is 1.22. The maximum absolute atomic E-state index is 12.0. The van der Waals surface area contributed by atoms with Crippen LogP contribution in [0.3, 0.4) is 0 Å². The van der Waals surface area contributed by atoms with Gasteiger partial charge in [0.15, 0.2) is 0 Å². The van der Waals surface area contributed by atoms with E-state index in [1.165, 1.54) is 0 Å². The van der Waals surface area contributed by atoms with Crippen LogP contribution in [0.5, 0.6) is 0 Å². The van der Waals surface area contributed by atoms with E-state index in [-0.39, 0.29) is 13.0 Å². The van der Waals surface area contributed by atoms with Crippen molar-refractivity contribution >= 4 is 50.8 Å². The Bertz CT molecular complexity index is 1040. The zero-order valence-electron chi connectivity index (χ0n) is 12.4. The molecule has 0 atom stereocenters. The van der Waals surface area contributed by atoms with Gasteiger partial charge in [0.2, 0.25) is 0 Å². The topological polar surface area (TPSA) is 65.2 Å². The molecule has 0 unspecified atom stereocenters. The molecule has 0 aliphatic rings. The van der Waals surface area contributed by atoms with Crippen LogP contribution >= 0.6 is 23.1 Å². The first-order valence-corrected chi connectivity index (χ1v) is 8.38. The minimum atomic E-state index is -0.401. The van der Waals surface area contributed by atoms with E-state index < -0.39 is 5.97 Å². The van der Waals surface area contributed by atoms with Crippen molar-refractivity contribution < 1.29 is 13.9 Å². The van der Waals surface area contributed by atoms with E-state index in [4.69, 9.17) is 20.8 Å². The highest BCUT2D eigenvalue weighted by atomic mass is 35.5. The van der Waals surface area contributed by atoms with Crippen LogP contribution in [0.2, 0.25) is 4.34 Å². The van der Waals surface area contributed by atoms with Gasteiger partial charge in [0, 0.05) is 16.9 Å². The Morgan fingerprint density at radius 1 is 1.21 bits per heavy atom. The highest BCUT2D eigenvalue weighted by Crippen LogP contribution is 2.28. The van der Waals surface area contributed by atoms with Crippen molar-refractivity contribution in [2.45, 2.75) is 13.0 Å². The molecule has 5 nitrogen and oxygen atoms in total. The Balaban J connectivity index is 1.53. The Kier molecular flexibility index (Phi) is 3.92. The van der Waals surface area contributed by atoms with Crippen molar-refractivity contribution in [2.75, 3.05) is 0 Å². The molecule has 0 amide bonds. The summed E-state index contributed by atoms with van der Waals surface area (Å²) in [6.07, 6.45) is 0.0538. The Morgan fingerprint density at radius 2 is 2.08 bits per heavy atom. The van der Waals surface area contributed by atoms with Crippen molar-refractivity contribution in [3.8, 4) is 0 Å². The van der Waals surface area contributed by atoms with E-state index in [1.54, 1.807) is 0 Å². The average molecular weight is 359 g/mol. The van der Waals surface area contributed by atoms with Gasteiger partial charge in [0.25, 0.3) is 0 Å². The molecule has 24 heavy (non-hydrogen) atoms. The third-order valence-electron chi connectivity index (χ3n) is 3.67. The zero-order valence-corrected chi connectivity index (χ0v) is 13.9. The molecule has 7 heteroatoms. The number of nitrogens with zero attached hydrogens (tertiary/aromatic N) is 2. The van der Waals surface area contributed by atoms with E-state index in [0.29, 0.717) is 15.8 Å². The number of aromatic nitrogens is 2.